The molecule has 0 amide bonds. The second-order valence-electron chi connectivity index (χ2n) is 13.6. The zero-order valence-electron chi connectivity index (χ0n) is 24.6. The molecule has 3 fully saturated rings. The fraction of sp³-hybridized carbons (Fsp3) is 0.486. The topological polar surface area (TPSA) is 50.3 Å². The molecule has 3 aliphatic carbocycles. The maximum Gasteiger partial charge on any atom is 0.163 e. The van der Waals surface area contributed by atoms with Crippen LogP contribution in [0, 0.1) is 18.3 Å². The maximum atomic E-state index is 13.7. The van der Waals surface area contributed by atoms with Crippen LogP contribution in [0.1, 0.15) is 90.9 Å². The molecule has 212 valence electrons. The summed E-state index contributed by atoms with van der Waals surface area (Å²) in [5.74, 6) is 1.53. The molecular formula is C37H42N2O2. The van der Waals surface area contributed by atoms with E-state index in [2.05, 4.69) is 66.2 Å². The fourth-order valence-electron chi connectivity index (χ4n) is 8.82. The quantitative estimate of drug-likeness (QED) is 0.278. The van der Waals surface area contributed by atoms with Gasteiger partial charge in [0.25, 0.3) is 0 Å². The van der Waals surface area contributed by atoms with Crippen molar-refractivity contribution >= 4 is 11.6 Å². The highest BCUT2D eigenvalue weighted by atomic mass is 16.1. The number of piperidine rings is 1. The van der Waals surface area contributed by atoms with Gasteiger partial charge in [-0.3, -0.25) is 19.5 Å². The number of hydrogen-bond acceptors (Lipinski definition) is 4. The molecule has 1 saturated heterocycles. The summed E-state index contributed by atoms with van der Waals surface area (Å²) in [5, 5.41) is 0. The lowest BCUT2D eigenvalue weighted by Crippen LogP contribution is -2.68. The van der Waals surface area contributed by atoms with Crippen molar-refractivity contribution in [2.24, 2.45) is 11.3 Å². The zero-order chi connectivity index (χ0) is 28.2. The Morgan fingerprint density at radius 3 is 2.63 bits per heavy atom. The predicted octanol–water partition coefficient (Wildman–Crippen LogP) is 7.30. The second-order valence-corrected chi connectivity index (χ2v) is 13.6. The molecule has 1 aliphatic heterocycles. The first-order valence-electron chi connectivity index (χ1n) is 15.8. The van der Waals surface area contributed by atoms with Crippen LogP contribution in [0.15, 0.2) is 60.9 Å². The monoisotopic (exact) mass is 546 g/mol. The molecule has 2 heterocycles. The van der Waals surface area contributed by atoms with E-state index in [1.807, 2.05) is 12.3 Å². The second kappa shape index (κ2) is 10.3. The molecule has 3 atom stereocenters. The van der Waals surface area contributed by atoms with Crippen LogP contribution in [0.5, 0.6) is 0 Å². The van der Waals surface area contributed by atoms with Crippen molar-refractivity contribution in [3.8, 4) is 11.1 Å². The van der Waals surface area contributed by atoms with E-state index >= 15 is 0 Å². The number of hydrogen-bond donors (Lipinski definition) is 0. The van der Waals surface area contributed by atoms with Crippen LogP contribution in [0.25, 0.3) is 11.1 Å². The lowest BCUT2D eigenvalue weighted by atomic mass is 9.44. The number of carbonyl (C=O) groups is 2. The number of aromatic nitrogens is 1. The van der Waals surface area contributed by atoms with Gasteiger partial charge < -0.3 is 0 Å². The van der Waals surface area contributed by atoms with Crippen molar-refractivity contribution < 1.29 is 9.59 Å². The molecule has 7 rings (SSSR count). The molecule has 2 bridgehead atoms. The predicted molar refractivity (Wildman–Crippen MR) is 163 cm³/mol. The summed E-state index contributed by atoms with van der Waals surface area (Å²) in [6.45, 7) is 6.97. The van der Waals surface area contributed by atoms with Gasteiger partial charge in [0.1, 0.15) is 5.78 Å². The third-order valence-corrected chi connectivity index (χ3v) is 11.3. The summed E-state index contributed by atoms with van der Waals surface area (Å²) >= 11 is 0. The van der Waals surface area contributed by atoms with Crippen LogP contribution in [-0.4, -0.2) is 40.6 Å². The summed E-state index contributed by atoms with van der Waals surface area (Å²) in [6, 6.07) is 17.5. The van der Waals surface area contributed by atoms with E-state index in [0.29, 0.717) is 31.1 Å². The van der Waals surface area contributed by atoms with Crippen molar-refractivity contribution in [3.63, 3.8) is 0 Å². The number of rotatable bonds is 8. The van der Waals surface area contributed by atoms with Gasteiger partial charge in [0.15, 0.2) is 5.78 Å². The van der Waals surface area contributed by atoms with Crippen LogP contribution < -0.4 is 0 Å². The highest BCUT2D eigenvalue weighted by Crippen LogP contribution is 2.63. The summed E-state index contributed by atoms with van der Waals surface area (Å²) in [6.07, 6.45) is 13.1. The molecule has 0 spiro atoms. The van der Waals surface area contributed by atoms with E-state index in [0.717, 1.165) is 66.8 Å². The van der Waals surface area contributed by atoms with Crippen molar-refractivity contribution in [2.75, 3.05) is 13.1 Å². The number of carbonyl (C=O) groups excluding carboxylic acids is 2. The Morgan fingerprint density at radius 2 is 1.88 bits per heavy atom. The Morgan fingerprint density at radius 1 is 1.05 bits per heavy atom. The Balaban J connectivity index is 1.11. The molecule has 3 aromatic rings. The first kappa shape index (κ1) is 26.8. The number of Topliss-reactive ketones (excluding diaryl/α,β-unsaturated/α-hetero) is 2. The minimum atomic E-state index is -0.128. The summed E-state index contributed by atoms with van der Waals surface area (Å²) in [5.41, 5.74) is 8.30. The van der Waals surface area contributed by atoms with Crippen molar-refractivity contribution in [3.05, 3.63) is 88.7 Å². The molecule has 1 unspecified atom stereocenters. The normalized spacial score (nSPS) is 27.3. The highest BCUT2D eigenvalue weighted by molar-refractivity contribution is 5.98. The molecule has 4 nitrogen and oxygen atoms in total. The number of pyridine rings is 1. The van der Waals surface area contributed by atoms with Crippen LogP contribution >= 0.6 is 0 Å². The van der Waals surface area contributed by atoms with Gasteiger partial charge in [0.05, 0.1) is 0 Å². The van der Waals surface area contributed by atoms with E-state index < -0.39 is 0 Å². The van der Waals surface area contributed by atoms with Crippen LogP contribution in [0.4, 0.5) is 0 Å². The molecule has 2 saturated carbocycles. The van der Waals surface area contributed by atoms with Crippen LogP contribution in [0.2, 0.25) is 0 Å². The number of likely N-dealkylation sites (tertiary alicyclic amines) is 1. The Hall–Kier alpha value is -3.11. The van der Waals surface area contributed by atoms with Gasteiger partial charge in [-0.05, 0) is 109 Å². The van der Waals surface area contributed by atoms with Gasteiger partial charge in [-0.2, -0.15) is 0 Å². The molecule has 0 radical (unpaired) electrons. The molecule has 2 aromatic carbocycles. The van der Waals surface area contributed by atoms with E-state index in [9.17, 15) is 9.59 Å². The van der Waals surface area contributed by atoms with Crippen molar-refractivity contribution in [2.45, 2.75) is 89.5 Å². The lowest BCUT2D eigenvalue weighted by molar-refractivity contribution is -0.136. The number of benzene rings is 2. The van der Waals surface area contributed by atoms with Gasteiger partial charge in [0, 0.05) is 55.2 Å². The SMILES string of the molecule is Cc1c(C(=O)CCCc2ccc(-c3cccnc3)cc2)ccc2c1C13CCN(CC4CC4)[C@H](C2)[C@]1(C)CCC(=O)C3. The van der Waals surface area contributed by atoms with Gasteiger partial charge in [-0.25, -0.2) is 0 Å². The number of ketones is 2. The Kier molecular flexibility index (Phi) is 6.73. The number of aryl methyl sites for hydroxylation is 1. The third kappa shape index (κ3) is 4.59. The fourth-order valence-corrected chi connectivity index (χ4v) is 8.82. The molecular weight excluding hydrogens is 504 g/mol. The van der Waals surface area contributed by atoms with Gasteiger partial charge >= 0.3 is 0 Å². The lowest BCUT2D eigenvalue weighted by Gasteiger charge is -2.65. The van der Waals surface area contributed by atoms with Crippen molar-refractivity contribution in [1.29, 1.82) is 0 Å². The van der Waals surface area contributed by atoms with E-state index in [1.54, 1.807) is 6.20 Å². The molecule has 0 N–H and O–H groups in total. The van der Waals surface area contributed by atoms with Gasteiger partial charge in [-0.1, -0.05) is 49.4 Å². The minimum absolute atomic E-state index is 0.0927. The van der Waals surface area contributed by atoms with Crippen molar-refractivity contribution in [1.82, 2.24) is 9.88 Å². The van der Waals surface area contributed by atoms with Gasteiger partial charge in [0.2, 0.25) is 0 Å². The molecule has 4 aliphatic rings. The summed E-state index contributed by atoms with van der Waals surface area (Å²) in [7, 11) is 0. The Labute approximate surface area is 244 Å². The van der Waals surface area contributed by atoms with Crippen LogP contribution in [-0.2, 0) is 23.1 Å². The first-order chi connectivity index (χ1) is 19.9. The highest BCUT2D eigenvalue weighted by Gasteiger charge is 2.63. The smallest absolute Gasteiger partial charge is 0.163 e. The molecule has 1 aromatic heterocycles. The van der Waals surface area contributed by atoms with E-state index in [1.165, 1.54) is 36.1 Å². The van der Waals surface area contributed by atoms with E-state index in [4.69, 9.17) is 0 Å². The minimum Gasteiger partial charge on any atom is -0.300 e. The third-order valence-electron chi connectivity index (χ3n) is 11.3. The summed E-state index contributed by atoms with van der Waals surface area (Å²) in [4.78, 5) is 33.7. The average Bonchev–Trinajstić information content (AvgIpc) is 3.80. The number of fused-ring (bicyclic) bond motifs is 1. The number of nitrogens with zero attached hydrogens (tertiary/aromatic N) is 2. The largest absolute Gasteiger partial charge is 0.300 e. The standard InChI is InChI=1S/C37H42N2O2/c1-25-32(33(41)7-3-5-26-10-12-28(13-11-26)30-6-4-19-38-23-30)15-14-29-21-34-36(2)17-16-31(40)22-37(36,35(25)29)18-20-39(34)24-27-8-9-27/h4,6,10-15,19,23,27,34H,3,5,7-9,16-18,20-22,24H2,1-2H3/t34-,36+,37?/m1/s1. The zero-order valence-corrected chi connectivity index (χ0v) is 24.6. The molecule has 41 heavy (non-hydrogen) atoms. The average molecular weight is 547 g/mol. The Bertz CT molecular complexity index is 1470. The van der Waals surface area contributed by atoms with Crippen LogP contribution in [0.3, 0.4) is 0 Å². The van der Waals surface area contributed by atoms with E-state index in [-0.39, 0.29) is 16.6 Å². The maximum absolute atomic E-state index is 13.7. The van der Waals surface area contributed by atoms with Gasteiger partial charge in [-0.15, -0.1) is 0 Å². The summed E-state index contributed by atoms with van der Waals surface area (Å²) < 4.78 is 0. The molecule has 4 heteroatoms. The first-order valence-corrected chi connectivity index (χ1v) is 15.8.